The van der Waals surface area contributed by atoms with Crippen molar-refractivity contribution >= 4 is 39.2 Å². The molecule has 0 heterocycles. The van der Waals surface area contributed by atoms with Crippen molar-refractivity contribution in [1.82, 2.24) is 0 Å². The molecule has 0 rings (SSSR count). The Balaban J connectivity index is 0. The highest BCUT2D eigenvalue weighted by Gasteiger charge is 2.23. The summed E-state index contributed by atoms with van der Waals surface area (Å²) in [5, 5.41) is 0. The van der Waals surface area contributed by atoms with Crippen molar-refractivity contribution in [2.75, 3.05) is 0 Å². The van der Waals surface area contributed by atoms with Gasteiger partial charge < -0.3 is 0 Å². The second kappa shape index (κ2) is 9.57. The molecule has 0 saturated carbocycles. The molecule has 0 bridgehead atoms. The number of hydrogen-bond acceptors (Lipinski definition) is 0. The van der Waals surface area contributed by atoms with Crippen molar-refractivity contribution in [3.63, 3.8) is 0 Å². The topological polar surface area (TPSA) is 0 Å². The van der Waals surface area contributed by atoms with Crippen LogP contribution >= 0.6 is 33.2 Å². The van der Waals surface area contributed by atoms with Gasteiger partial charge in [-0.05, 0) is 6.04 Å². The molecule has 0 aliphatic carbocycles. The van der Waals surface area contributed by atoms with Crippen LogP contribution in [0.25, 0.3) is 0 Å². The second-order valence-corrected chi connectivity index (χ2v) is 12.4. The third-order valence-electron chi connectivity index (χ3n) is 1.81. The molecule has 0 unspecified atom stereocenters. The summed E-state index contributed by atoms with van der Waals surface area (Å²) in [4.78, 5) is 0. The molecule has 82 valence electrons. The van der Waals surface area contributed by atoms with Gasteiger partial charge in [0.25, 0.3) is 0 Å². The van der Waals surface area contributed by atoms with Gasteiger partial charge in [0.1, 0.15) is 0 Å². The van der Waals surface area contributed by atoms with Crippen LogP contribution in [0.1, 0.15) is 45.4 Å². The highest BCUT2D eigenvalue weighted by Crippen LogP contribution is 2.27. The lowest BCUT2D eigenvalue weighted by molar-refractivity contribution is 0.624. The molecule has 0 aliphatic rings. The van der Waals surface area contributed by atoms with E-state index in [0.717, 1.165) is 12.5 Å². The normalized spacial score (nSPS) is 11.1. The Morgan fingerprint density at radius 2 is 1.31 bits per heavy atom. The lowest BCUT2D eigenvalue weighted by Crippen LogP contribution is -2.07. The van der Waals surface area contributed by atoms with E-state index in [1.54, 1.807) is 0 Å². The standard InChI is InChI=1S/C8H17Cl3Si.FH/c1-2-3-4-5-6-7-8-12(9,10)11;/h2-8H2,1H3;1H. The largest absolute Gasteiger partial charge is 0.341 e. The lowest BCUT2D eigenvalue weighted by Gasteiger charge is -2.06. The van der Waals surface area contributed by atoms with Gasteiger partial charge in [-0.25, -0.2) is 0 Å². The van der Waals surface area contributed by atoms with Gasteiger partial charge in [0.15, 0.2) is 0 Å². The van der Waals surface area contributed by atoms with Crippen molar-refractivity contribution in [2.24, 2.45) is 0 Å². The van der Waals surface area contributed by atoms with Gasteiger partial charge in [-0.15, -0.1) is 33.2 Å². The molecule has 5 heteroatoms. The van der Waals surface area contributed by atoms with Crippen molar-refractivity contribution in [2.45, 2.75) is 51.5 Å². The summed E-state index contributed by atoms with van der Waals surface area (Å²) in [6, 6.07) is -1.49. The minimum atomic E-state index is -2.31. The molecule has 0 aliphatic heterocycles. The monoisotopic (exact) mass is 266 g/mol. The van der Waals surface area contributed by atoms with E-state index < -0.39 is 6.00 Å². The Hall–Kier alpha value is 1.02. The van der Waals surface area contributed by atoms with Crippen LogP contribution in [0, 0.1) is 0 Å². The molecule has 0 aromatic rings. The number of rotatable bonds is 7. The summed E-state index contributed by atoms with van der Waals surface area (Å²) < 4.78 is 0. The molecule has 0 radical (unpaired) electrons. The van der Waals surface area contributed by atoms with Crippen LogP contribution in [0.15, 0.2) is 0 Å². The van der Waals surface area contributed by atoms with Gasteiger partial charge >= 0.3 is 6.00 Å². The number of halogens is 4. The second-order valence-electron chi connectivity index (χ2n) is 3.13. The highest BCUT2D eigenvalue weighted by atomic mass is 35.8. The lowest BCUT2D eigenvalue weighted by atomic mass is 10.1. The summed E-state index contributed by atoms with van der Waals surface area (Å²) >= 11 is 17.2. The highest BCUT2D eigenvalue weighted by molar-refractivity contribution is 7.64. The molecule has 0 aromatic heterocycles. The quantitative estimate of drug-likeness (QED) is 0.340. The Labute approximate surface area is 95.4 Å². The summed E-state index contributed by atoms with van der Waals surface area (Å²) in [5.41, 5.74) is 0. The molecule has 0 amide bonds. The maximum absolute atomic E-state index is 5.74. The Kier molecular flexibility index (Phi) is 12.1. The first-order valence-corrected chi connectivity index (χ1v) is 9.87. The predicted molar refractivity (Wildman–Crippen MR) is 64.0 cm³/mol. The minimum absolute atomic E-state index is 0. The molecule has 0 fully saturated rings. The van der Waals surface area contributed by atoms with Gasteiger partial charge in [0, 0.05) is 0 Å². The van der Waals surface area contributed by atoms with Crippen LogP contribution in [0.4, 0.5) is 4.70 Å². The van der Waals surface area contributed by atoms with Crippen LogP contribution in [-0.4, -0.2) is 6.00 Å². The van der Waals surface area contributed by atoms with Crippen LogP contribution in [0.5, 0.6) is 0 Å². The van der Waals surface area contributed by atoms with Crippen LogP contribution < -0.4 is 0 Å². The maximum Gasteiger partial charge on any atom is 0.341 e. The SMILES string of the molecule is CCCCCCCC[Si](Cl)(Cl)Cl.F. The fraction of sp³-hybridized carbons (Fsp3) is 1.00. The molecule has 0 saturated heterocycles. The van der Waals surface area contributed by atoms with E-state index in [1.807, 2.05) is 0 Å². The molecule has 0 N–H and O–H groups in total. The zero-order valence-corrected chi connectivity index (χ0v) is 11.3. The predicted octanol–water partition coefficient (Wildman–Crippen LogP) is 5.15. The third kappa shape index (κ3) is 15.7. The van der Waals surface area contributed by atoms with E-state index in [-0.39, 0.29) is 4.70 Å². The zero-order valence-electron chi connectivity index (χ0n) is 7.99. The summed E-state index contributed by atoms with van der Waals surface area (Å²) in [5.74, 6) is 0. The summed E-state index contributed by atoms with van der Waals surface area (Å²) in [7, 11) is 0. The van der Waals surface area contributed by atoms with Crippen molar-refractivity contribution in [1.29, 1.82) is 0 Å². The number of unbranched alkanes of at least 4 members (excludes halogenated alkanes) is 5. The van der Waals surface area contributed by atoms with E-state index in [0.29, 0.717) is 0 Å². The van der Waals surface area contributed by atoms with Gasteiger partial charge in [0.05, 0.1) is 0 Å². The fourth-order valence-corrected chi connectivity index (χ4v) is 2.96. The average molecular weight is 268 g/mol. The molecule has 0 nitrogen and oxygen atoms in total. The van der Waals surface area contributed by atoms with Gasteiger partial charge in [0.2, 0.25) is 0 Å². The maximum atomic E-state index is 5.74. The van der Waals surface area contributed by atoms with E-state index in [4.69, 9.17) is 33.2 Å². The van der Waals surface area contributed by atoms with Gasteiger partial charge in [-0.2, -0.15) is 0 Å². The Bertz CT molecular complexity index is 106. The summed E-state index contributed by atoms with van der Waals surface area (Å²) in [6.07, 6.45) is 7.57. The van der Waals surface area contributed by atoms with Crippen molar-refractivity contribution in [3.8, 4) is 0 Å². The third-order valence-corrected chi connectivity index (χ3v) is 4.44. The van der Waals surface area contributed by atoms with Crippen LogP contribution in [-0.2, 0) is 0 Å². The first-order valence-electron chi connectivity index (χ1n) is 4.63. The molecule has 13 heavy (non-hydrogen) atoms. The zero-order chi connectivity index (χ0) is 9.45. The Morgan fingerprint density at radius 3 is 1.77 bits per heavy atom. The Morgan fingerprint density at radius 1 is 0.846 bits per heavy atom. The number of hydrogen-bond donors (Lipinski definition) is 0. The van der Waals surface area contributed by atoms with E-state index in [1.165, 1.54) is 32.1 Å². The molecule has 0 aromatic carbocycles. The first-order chi connectivity index (χ1) is 5.56. The molecule has 0 atom stereocenters. The van der Waals surface area contributed by atoms with Crippen molar-refractivity contribution in [3.05, 3.63) is 0 Å². The van der Waals surface area contributed by atoms with Gasteiger partial charge in [-0.1, -0.05) is 45.4 Å². The van der Waals surface area contributed by atoms with Crippen LogP contribution in [0.3, 0.4) is 0 Å². The summed E-state index contributed by atoms with van der Waals surface area (Å²) in [6.45, 7) is 2.22. The average Bonchev–Trinajstić information content (AvgIpc) is 1.94. The van der Waals surface area contributed by atoms with Crippen LogP contribution in [0.2, 0.25) is 6.04 Å². The van der Waals surface area contributed by atoms with E-state index in [2.05, 4.69) is 6.92 Å². The molecular formula is C8H18Cl3FSi. The molecular weight excluding hydrogens is 250 g/mol. The van der Waals surface area contributed by atoms with Gasteiger partial charge in [-0.3, -0.25) is 4.70 Å². The van der Waals surface area contributed by atoms with Crippen molar-refractivity contribution < 1.29 is 4.70 Å². The minimum Gasteiger partial charge on any atom is -0.269 e. The van der Waals surface area contributed by atoms with E-state index in [9.17, 15) is 0 Å². The molecule has 0 spiro atoms. The first kappa shape index (κ1) is 16.4. The smallest absolute Gasteiger partial charge is 0.269 e. The van der Waals surface area contributed by atoms with E-state index >= 15 is 0 Å². The fourth-order valence-electron chi connectivity index (χ4n) is 1.11.